The van der Waals surface area contributed by atoms with Crippen molar-refractivity contribution in [3.8, 4) is 0 Å². The SMILES string of the molecule is CCCCC(=O)C1CC[N]CC1. The zero-order valence-electron chi connectivity index (χ0n) is 7.88. The third-order valence-electron chi connectivity index (χ3n) is 2.50. The van der Waals surface area contributed by atoms with Crippen LogP contribution in [-0.4, -0.2) is 18.9 Å². The molecule has 0 saturated carbocycles. The van der Waals surface area contributed by atoms with Crippen molar-refractivity contribution >= 4 is 5.78 Å². The molecule has 0 atom stereocenters. The van der Waals surface area contributed by atoms with Crippen LogP contribution in [0.1, 0.15) is 39.0 Å². The molecule has 1 radical (unpaired) electrons. The Labute approximate surface area is 74.7 Å². The highest BCUT2D eigenvalue weighted by atomic mass is 16.1. The molecular weight excluding hydrogens is 150 g/mol. The van der Waals surface area contributed by atoms with Crippen LogP contribution in [0.4, 0.5) is 0 Å². The van der Waals surface area contributed by atoms with Gasteiger partial charge in [-0.3, -0.25) is 4.79 Å². The molecule has 0 unspecified atom stereocenters. The number of carbonyl (C=O) groups is 1. The predicted molar refractivity (Wildman–Crippen MR) is 49.1 cm³/mol. The van der Waals surface area contributed by atoms with Gasteiger partial charge in [-0.05, 0) is 19.3 Å². The quantitative estimate of drug-likeness (QED) is 0.629. The van der Waals surface area contributed by atoms with Gasteiger partial charge >= 0.3 is 0 Å². The fraction of sp³-hybridized carbons (Fsp3) is 0.900. The maximum atomic E-state index is 11.5. The van der Waals surface area contributed by atoms with Crippen LogP contribution in [0, 0.1) is 5.92 Å². The number of ketones is 1. The van der Waals surface area contributed by atoms with Crippen LogP contribution in [0.25, 0.3) is 0 Å². The van der Waals surface area contributed by atoms with E-state index in [4.69, 9.17) is 0 Å². The molecule has 2 heteroatoms. The molecule has 0 aromatic rings. The van der Waals surface area contributed by atoms with Crippen LogP contribution in [0.2, 0.25) is 0 Å². The molecule has 1 aliphatic rings. The topological polar surface area (TPSA) is 31.2 Å². The summed E-state index contributed by atoms with van der Waals surface area (Å²) >= 11 is 0. The Bertz CT molecular complexity index is 139. The van der Waals surface area contributed by atoms with Crippen molar-refractivity contribution in [2.75, 3.05) is 13.1 Å². The molecule has 1 rings (SSSR count). The van der Waals surface area contributed by atoms with Crippen LogP contribution in [-0.2, 0) is 4.79 Å². The molecule has 12 heavy (non-hydrogen) atoms. The second-order valence-electron chi connectivity index (χ2n) is 3.51. The lowest BCUT2D eigenvalue weighted by Crippen LogP contribution is -2.27. The summed E-state index contributed by atoms with van der Waals surface area (Å²) in [4.78, 5) is 11.5. The highest BCUT2D eigenvalue weighted by molar-refractivity contribution is 5.81. The first-order chi connectivity index (χ1) is 5.84. The first kappa shape index (κ1) is 9.72. The summed E-state index contributed by atoms with van der Waals surface area (Å²) < 4.78 is 0. The van der Waals surface area contributed by atoms with E-state index < -0.39 is 0 Å². The summed E-state index contributed by atoms with van der Waals surface area (Å²) in [6.07, 6.45) is 4.99. The minimum atomic E-state index is 0.342. The van der Waals surface area contributed by atoms with Gasteiger partial charge < -0.3 is 0 Å². The maximum absolute atomic E-state index is 11.5. The standard InChI is InChI=1S/C10H18NO/c1-2-3-4-10(12)9-5-7-11-8-6-9/h9H,2-8H2,1H3. The molecule has 2 nitrogen and oxygen atoms in total. The molecule has 0 spiro atoms. The predicted octanol–water partition coefficient (Wildman–Crippen LogP) is 1.76. The lowest BCUT2D eigenvalue weighted by atomic mass is 9.91. The van der Waals surface area contributed by atoms with Gasteiger partial charge in [-0.1, -0.05) is 13.3 Å². The van der Waals surface area contributed by atoms with Crippen molar-refractivity contribution < 1.29 is 4.79 Å². The van der Waals surface area contributed by atoms with Crippen molar-refractivity contribution in [1.29, 1.82) is 0 Å². The third-order valence-corrected chi connectivity index (χ3v) is 2.50. The number of hydrogen-bond acceptors (Lipinski definition) is 1. The van der Waals surface area contributed by atoms with E-state index in [0.717, 1.165) is 45.2 Å². The van der Waals surface area contributed by atoms with Gasteiger partial charge in [0.05, 0.1) is 0 Å². The van der Waals surface area contributed by atoms with Crippen LogP contribution < -0.4 is 5.32 Å². The highest BCUT2D eigenvalue weighted by Gasteiger charge is 2.20. The molecule has 1 fully saturated rings. The fourth-order valence-corrected chi connectivity index (χ4v) is 1.63. The van der Waals surface area contributed by atoms with E-state index in [9.17, 15) is 4.79 Å². The molecule has 1 saturated heterocycles. The van der Waals surface area contributed by atoms with E-state index in [1.807, 2.05) is 0 Å². The molecule has 1 heterocycles. The minimum absolute atomic E-state index is 0.342. The van der Waals surface area contributed by atoms with Crippen LogP contribution >= 0.6 is 0 Å². The third kappa shape index (κ3) is 2.94. The first-order valence-corrected chi connectivity index (χ1v) is 5.00. The lowest BCUT2D eigenvalue weighted by molar-refractivity contribution is -0.123. The first-order valence-electron chi connectivity index (χ1n) is 5.00. The Balaban J connectivity index is 2.20. The number of nitrogens with zero attached hydrogens (tertiary/aromatic N) is 1. The van der Waals surface area contributed by atoms with Crippen molar-refractivity contribution in [3.05, 3.63) is 0 Å². The molecule has 0 amide bonds. The molecule has 69 valence electrons. The zero-order valence-corrected chi connectivity index (χ0v) is 7.88. The number of Topliss-reactive ketones (excluding diaryl/α,β-unsaturated/α-hetero) is 1. The number of carbonyl (C=O) groups excluding carboxylic acids is 1. The molecule has 0 bridgehead atoms. The molecule has 1 aliphatic heterocycles. The second-order valence-corrected chi connectivity index (χ2v) is 3.51. The normalized spacial score (nSPS) is 19.4. The molecule has 0 aromatic carbocycles. The Morgan fingerprint density at radius 2 is 2.08 bits per heavy atom. The van der Waals surface area contributed by atoms with E-state index in [2.05, 4.69) is 12.2 Å². The molecule has 0 aliphatic carbocycles. The lowest BCUT2D eigenvalue weighted by Gasteiger charge is -2.19. The summed E-state index contributed by atoms with van der Waals surface area (Å²) in [5, 5.41) is 4.24. The number of rotatable bonds is 4. The smallest absolute Gasteiger partial charge is 0.136 e. The molecular formula is C10H18NO. The van der Waals surface area contributed by atoms with E-state index in [0.29, 0.717) is 11.7 Å². The number of piperidine rings is 1. The molecule has 0 aromatic heterocycles. The summed E-state index contributed by atoms with van der Waals surface area (Å²) in [5.74, 6) is 0.820. The van der Waals surface area contributed by atoms with E-state index >= 15 is 0 Å². The number of unbranched alkanes of at least 4 members (excludes halogenated alkanes) is 1. The van der Waals surface area contributed by atoms with Gasteiger partial charge in [-0.15, -0.1) is 0 Å². The van der Waals surface area contributed by atoms with Crippen LogP contribution in [0.5, 0.6) is 0 Å². The summed E-state index contributed by atoms with van der Waals surface area (Å²) in [7, 11) is 0. The fourth-order valence-electron chi connectivity index (χ4n) is 1.63. The minimum Gasteiger partial charge on any atom is -0.299 e. The monoisotopic (exact) mass is 168 g/mol. The van der Waals surface area contributed by atoms with Gasteiger partial charge in [0.25, 0.3) is 0 Å². The Kier molecular flexibility index (Phi) is 4.30. The van der Waals surface area contributed by atoms with E-state index in [-0.39, 0.29) is 0 Å². The number of hydrogen-bond donors (Lipinski definition) is 0. The van der Waals surface area contributed by atoms with Gasteiger partial charge in [0.1, 0.15) is 5.78 Å². The van der Waals surface area contributed by atoms with E-state index in [1.54, 1.807) is 0 Å². The Morgan fingerprint density at radius 1 is 1.42 bits per heavy atom. The van der Waals surface area contributed by atoms with Crippen molar-refractivity contribution in [3.63, 3.8) is 0 Å². The highest BCUT2D eigenvalue weighted by Crippen LogP contribution is 2.16. The maximum Gasteiger partial charge on any atom is 0.136 e. The van der Waals surface area contributed by atoms with Crippen molar-refractivity contribution in [2.45, 2.75) is 39.0 Å². The van der Waals surface area contributed by atoms with Crippen molar-refractivity contribution in [2.24, 2.45) is 5.92 Å². The molecule has 0 N–H and O–H groups in total. The summed E-state index contributed by atoms with van der Waals surface area (Å²) in [6, 6.07) is 0. The van der Waals surface area contributed by atoms with Crippen LogP contribution in [0.15, 0.2) is 0 Å². The second kappa shape index (κ2) is 5.31. The van der Waals surface area contributed by atoms with Crippen molar-refractivity contribution in [1.82, 2.24) is 5.32 Å². The van der Waals surface area contributed by atoms with Gasteiger partial charge in [0.2, 0.25) is 0 Å². The van der Waals surface area contributed by atoms with E-state index in [1.165, 1.54) is 0 Å². The van der Waals surface area contributed by atoms with Gasteiger partial charge in [0, 0.05) is 25.4 Å². The Morgan fingerprint density at radius 3 is 2.67 bits per heavy atom. The zero-order chi connectivity index (χ0) is 8.81. The van der Waals surface area contributed by atoms with Gasteiger partial charge in [-0.2, -0.15) is 0 Å². The Hall–Kier alpha value is -0.370. The van der Waals surface area contributed by atoms with Crippen LogP contribution in [0.3, 0.4) is 0 Å². The summed E-state index contributed by atoms with van der Waals surface area (Å²) in [5.41, 5.74) is 0. The largest absolute Gasteiger partial charge is 0.299 e. The average Bonchev–Trinajstić information content (AvgIpc) is 2.15. The summed E-state index contributed by atoms with van der Waals surface area (Å²) in [6.45, 7) is 3.94. The van der Waals surface area contributed by atoms with Gasteiger partial charge in [0.15, 0.2) is 0 Å². The van der Waals surface area contributed by atoms with Gasteiger partial charge in [-0.25, -0.2) is 5.32 Å². The average molecular weight is 168 g/mol.